The van der Waals surface area contributed by atoms with Crippen molar-refractivity contribution in [3.05, 3.63) is 28.2 Å². The highest BCUT2D eigenvalue weighted by molar-refractivity contribution is 9.10. The van der Waals surface area contributed by atoms with Crippen LogP contribution in [0.3, 0.4) is 0 Å². The Labute approximate surface area is 135 Å². The summed E-state index contributed by atoms with van der Waals surface area (Å²) in [6.45, 7) is 9.41. The zero-order valence-corrected chi connectivity index (χ0v) is 14.7. The zero-order chi connectivity index (χ0) is 15.5. The normalized spacial score (nSPS) is 18.0. The quantitative estimate of drug-likeness (QED) is 0.878. The van der Waals surface area contributed by atoms with Crippen molar-refractivity contribution >= 4 is 15.9 Å². The topological polar surface area (TPSA) is 35.9 Å². The Hall–Kier alpha value is -0.620. The summed E-state index contributed by atoms with van der Waals surface area (Å²) in [6, 6.07) is 6.13. The van der Waals surface area contributed by atoms with Crippen LogP contribution in [-0.4, -0.2) is 60.3 Å². The fourth-order valence-electron chi connectivity index (χ4n) is 2.76. The Morgan fingerprint density at radius 1 is 1.19 bits per heavy atom. The first kappa shape index (κ1) is 16.7. The highest BCUT2D eigenvalue weighted by atomic mass is 79.9. The monoisotopic (exact) mass is 356 g/mol. The van der Waals surface area contributed by atoms with Gasteiger partial charge in [-0.15, -0.1) is 0 Å². The maximum atomic E-state index is 9.89. The molecule has 0 aliphatic carbocycles. The van der Waals surface area contributed by atoms with Crippen LogP contribution in [0.25, 0.3) is 0 Å². The molecule has 0 spiro atoms. The van der Waals surface area contributed by atoms with E-state index in [4.69, 9.17) is 4.74 Å². The number of halogens is 1. The molecule has 0 aromatic heterocycles. The molecule has 1 aromatic carbocycles. The lowest BCUT2D eigenvalue weighted by molar-refractivity contribution is 0.0166. The van der Waals surface area contributed by atoms with Crippen molar-refractivity contribution in [1.29, 1.82) is 0 Å². The van der Waals surface area contributed by atoms with E-state index in [2.05, 4.69) is 31.8 Å². The third-order valence-corrected chi connectivity index (χ3v) is 4.21. The minimum atomic E-state index is -0.615. The van der Waals surface area contributed by atoms with Crippen molar-refractivity contribution in [3.63, 3.8) is 0 Å². The summed E-state index contributed by atoms with van der Waals surface area (Å²) in [6.07, 6.45) is 0. The van der Waals surface area contributed by atoms with Crippen molar-refractivity contribution in [3.8, 4) is 5.75 Å². The first-order valence-electron chi connectivity index (χ1n) is 7.37. The smallest absolute Gasteiger partial charge is 0.123 e. The van der Waals surface area contributed by atoms with Crippen molar-refractivity contribution in [2.45, 2.75) is 26.0 Å². The molecule has 1 aromatic rings. The number of rotatable bonds is 5. The Kier molecular flexibility index (Phi) is 5.66. The van der Waals surface area contributed by atoms with Gasteiger partial charge in [-0.05, 0) is 32.0 Å². The molecule has 1 N–H and O–H groups in total. The minimum absolute atomic E-state index is 0.615. The fraction of sp³-hybridized carbons (Fsp3) is 0.625. The van der Waals surface area contributed by atoms with Gasteiger partial charge in [0.2, 0.25) is 0 Å². The van der Waals surface area contributed by atoms with Gasteiger partial charge in [0.15, 0.2) is 0 Å². The van der Waals surface area contributed by atoms with E-state index in [0.29, 0.717) is 0 Å². The predicted molar refractivity (Wildman–Crippen MR) is 88.7 cm³/mol. The molecule has 1 fully saturated rings. The Bertz CT molecular complexity index is 466. The van der Waals surface area contributed by atoms with Crippen LogP contribution >= 0.6 is 15.9 Å². The van der Waals surface area contributed by atoms with Crippen LogP contribution in [0.5, 0.6) is 5.75 Å². The van der Waals surface area contributed by atoms with Crippen molar-refractivity contribution in [2.75, 3.05) is 39.8 Å². The summed E-state index contributed by atoms with van der Waals surface area (Å²) < 4.78 is 6.52. The zero-order valence-electron chi connectivity index (χ0n) is 13.1. The van der Waals surface area contributed by atoms with E-state index in [1.165, 1.54) is 5.56 Å². The first-order valence-corrected chi connectivity index (χ1v) is 8.16. The molecule has 0 unspecified atom stereocenters. The number of ether oxygens (including phenoxy) is 1. The second-order valence-corrected chi connectivity index (χ2v) is 7.24. The Morgan fingerprint density at radius 2 is 1.81 bits per heavy atom. The van der Waals surface area contributed by atoms with Gasteiger partial charge in [0, 0.05) is 49.3 Å². The fourth-order valence-corrected chi connectivity index (χ4v) is 3.17. The van der Waals surface area contributed by atoms with Gasteiger partial charge >= 0.3 is 0 Å². The van der Waals surface area contributed by atoms with E-state index >= 15 is 0 Å². The number of hydrogen-bond donors (Lipinski definition) is 1. The number of piperazine rings is 1. The molecule has 5 heteroatoms. The summed E-state index contributed by atoms with van der Waals surface area (Å²) in [5.74, 6) is 0.942. The van der Waals surface area contributed by atoms with E-state index in [9.17, 15) is 5.11 Å². The predicted octanol–water partition coefficient (Wildman–Crippen LogP) is 2.35. The summed E-state index contributed by atoms with van der Waals surface area (Å²) >= 11 is 3.52. The van der Waals surface area contributed by atoms with E-state index in [0.717, 1.165) is 49.5 Å². The van der Waals surface area contributed by atoms with Gasteiger partial charge in [-0.25, -0.2) is 0 Å². The lowest BCUT2D eigenvalue weighted by Crippen LogP contribution is -2.50. The average Bonchev–Trinajstić information content (AvgIpc) is 2.40. The highest BCUT2D eigenvalue weighted by Gasteiger charge is 2.23. The molecule has 1 aliphatic heterocycles. The summed E-state index contributed by atoms with van der Waals surface area (Å²) in [4.78, 5) is 4.76. The molecule has 1 heterocycles. The molecule has 2 rings (SSSR count). The SMILES string of the molecule is COc1ccc(Br)cc1CN1CCN(CC(C)(C)O)CC1. The van der Waals surface area contributed by atoms with Crippen molar-refractivity contribution in [1.82, 2.24) is 9.80 Å². The van der Waals surface area contributed by atoms with E-state index < -0.39 is 5.60 Å². The number of benzene rings is 1. The minimum Gasteiger partial charge on any atom is -0.496 e. The number of aliphatic hydroxyl groups is 1. The average molecular weight is 357 g/mol. The summed E-state index contributed by atoms with van der Waals surface area (Å²) in [5, 5.41) is 9.89. The van der Waals surface area contributed by atoms with Gasteiger partial charge in [-0.3, -0.25) is 9.80 Å². The van der Waals surface area contributed by atoms with Crippen molar-refractivity contribution < 1.29 is 9.84 Å². The number of methoxy groups -OCH3 is 1. The molecule has 0 bridgehead atoms. The van der Waals surface area contributed by atoms with Crippen LogP contribution in [0.2, 0.25) is 0 Å². The molecule has 0 amide bonds. The molecule has 1 aliphatic rings. The van der Waals surface area contributed by atoms with E-state index in [1.54, 1.807) is 7.11 Å². The third kappa shape index (κ3) is 5.25. The van der Waals surface area contributed by atoms with E-state index in [-0.39, 0.29) is 0 Å². The molecule has 0 saturated carbocycles. The maximum Gasteiger partial charge on any atom is 0.123 e. The molecule has 0 radical (unpaired) electrons. The lowest BCUT2D eigenvalue weighted by atomic mass is 10.1. The number of nitrogens with zero attached hydrogens (tertiary/aromatic N) is 2. The second kappa shape index (κ2) is 7.09. The number of hydrogen-bond acceptors (Lipinski definition) is 4. The number of β-amino-alcohol motifs (C(OH)–C–C–N with tert-alkyl or cyclic N) is 1. The second-order valence-electron chi connectivity index (χ2n) is 6.32. The Balaban J connectivity index is 1.90. The van der Waals surface area contributed by atoms with Crippen LogP contribution in [0, 0.1) is 0 Å². The van der Waals surface area contributed by atoms with Gasteiger partial charge < -0.3 is 9.84 Å². The highest BCUT2D eigenvalue weighted by Crippen LogP contribution is 2.24. The molecule has 0 atom stereocenters. The molecule has 21 heavy (non-hydrogen) atoms. The van der Waals surface area contributed by atoms with E-state index in [1.807, 2.05) is 26.0 Å². The van der Waals surface area contributed by atoms with Crippen LogP contribution < -0.4 is 4.74 Å². The van der Waals surface area contributed by atoms with Gasteiger partial charge in [-0.2, -0.15) is 0 Å². The standard InChI is InChI=1S/C16H25BrN2O2/c1-16(2,20)12-19-8-6-18(7-9-19)11-13-10-14(17)4-5-15(13)21-3/h4-5,10,20H,6-9,11-12H2,1-3H3. The van der Waals surface area contributed by atoms with Gasteiger partial charge in [0.05, 0.1) is 12.7 Å². The van der Waals surface area contributed by atoms with Crippen LogP contribution in [0.4, 0.5) is 0 Å². The van der Waals surface area contributed by atoms with Crippen LogP contribution in [-0.2, 0) is 6.54 Å². The summed E-state index contributed by atoms with van der Waals surface area (Å²) in [7, 11) is 1.72. The largest absolute Gasteiger partial charge is 0.496 e. The van der Waals surface area contributed by atoms with Gasteiger partial charge in [-0.1, -0.05) is 15.9 Å². The molecule has 1 saturated heterocycles. The third-order valence-electron chi connectivity index (χ3n) is 3.71. The summed E-state index contributed by atoms with van der Waals surface area (Å²) in [5.41, 5.74) is 0.596. The van der Waals surface area contributed by atoms with Crippen molar-refractivity contribution in [2.24, 2.45) is 0 Å². The molecule has 118 valence electrons. The van der Waals surface area contributed by atoms with Gasteiger partial charge in [0.25, 0.3) is 0 Å². The first-order chi connectivity index (χ1) is 9.87. The maximum absolute atomic E-state index is 9.89. The molecule has 4 nitrogen and oxygen atoms in total. The Morgan fingerprint density at radius 3 is 2.38 bits per heavy atom. The lowest BCUT2D eigenvalue weighted by Gasteiger charge is -2.37. The molecular formula is C16H25BrN2O2. The van der Waals surface area contributed by atoms with Gasteiger partial charge in [0.1, 0.15) is 5.75 Å². The molecular weight excluding hydrogens is 332 g/mol. The van der Waals surface area contributed by atoms with Crippen LogP contribution in [0.15, 0.2) is 22.7 Å². The van der Waals surface area contributed by atoms with Crippen LogP contribution in [0.1, 0.15) is 19.4 Å².